The third-order valence-electron chi connectivity index (χ3n) is 2.26. The Labute approximate surface area is 100 Å². The quantitative estimate of drug-likeness (QED) is 0.682. The third-order valence-corrected chi connectivity index (χ3v) is 2.67. The minimum atomic E-state index is 0.317. The predicted octanol–water partition coefficient (Wildman–Crippen LogP) is 2.52. The molecular formula is C12H26N2S. The normalized spacial score (nSPS) is 13.9. The molecule has 15 heavy (non-hydrogen) atoms. The molecule has 0 aliphatic heterocycles. The molecule has 3 heteroatoms. The molecule has 0 fully saturated rings. The van der Waals surface area contributed by atoms with E-state index >= 15 is 0 Å². The Bertz CT molecular complexity index is 180. The van der Waals surface area contributed by atoms with Gasteiger partial charge in [0.05, 0.1) is 4.99 Å². The van der Waals surface area contributed by atoms with Crippen LogP contribution in [0.25, 0.3) is 0 Å². The fourth-order valence-corrected chi connectivity index (χ4v) is 1.81. The molecule has 0 aliphatic rings. The van der Waals surface area contributed by atoms with Crippen molar-refractivity contribution in [3.63, 3.8) is 0 Å². The van der Waals surface area contributed by atoms with Gasteiger partial charge in [0.1, 0.15) is 0 Å². The minimum absolute atomic E-state index is 0.317. The van der Waals surface area contributed by atoms with Gasteiger partial charge in [0.15, 0.2) is 0 Å². The molecule has 1 atom stereocenters. The molecular weight excluding hydrogens is 204 g/mol. The van der Waals surface area contributed by atoms with Gasteiger partial charge in [-0.25, -0.2) is 0 Å². The first-order chi connectivity index (χ1) is 6.82. The van der Waals surface area contributed by atoms with Gasteiger partial charge < -0.3 is 10.6 Å². The molecule has 0 aromatic heterocycles. The number of thiocarbonyl (C=S) groups is 1. The first-order valence-corrected chi connectivity index (χ1v) is 6.25. The van der Waals surface area contributed by atoms with E-state index in [1.54, 1.807) is 0 Å². The molecule has 0 aliphatic carbocycles. The van der Waals surface area contributed by atoms with Crippen molar-refractivity contribution in [3.05, 3.63) is 0 Å². The zero-order chi connectivity index (χ0) is 12.0. The van der Waals surface area contributed by atoms with E-state index in [0.29, 0.717) is 22.7 Å². The smallest absolute Gasteiger partial charge is 0.0768 e. The highest BCUT2D eigenvalue weighted by Gasteiger charge is 2.14. The molecule has 0 amide bonds. The highest BCUT2D eigenvalue weighted by atomic mass is 32.1. The molecule has 2 nitrogen and oxygen atoms in total. The maximum Gasteiger partial charge on any atom is 0.0768 e. The third kappa shape index (κ3) is 7.74. The zero-order valence-corrected chi connectivity index (χ0v) is 11.6. The first-order valence-electron chi connectivity index (χ1n) is 5.84. The maximum absolute atomic E-state index is 5.65. The molecule has 0 aromatic rings. The van der Waals surface area contributed by atoms with Crippen molar-refractivity contribution in [2.75, 3.05) is 19.6 Å². The van der Waals surface area contributed by atoms with Crippen molar-refractivity contribution < 1.29 is 0 Å². The van der Waals surface area contributed by atoms with E-state index in [2.05, 4.69) is 39.5 Å². The lowest BCUT2D eigenvalue weighted by Crippen LogP contribution is -2.38. The molecule has 0 bridgehead atoms. The Kier molecular flexibility index (Phi) is 7.11. The summed E-state index contributed by atoms with van der Waals surface area (Å²) < 4.78 is 0. The molecule has 0 saturated carbocycles. The SMILES string of the molecule is CC(C)CN(CC(C)C)CC(C)C(N)=S. The highest BCUT2D eigenvalue weighted by molar-refractivity contribution is 7.80. The lowest BCUT2D eigenvalue weighted by molar-refractivity contribution is 0.208. The van der Waals surface area contributed by atoms with Crippen molar-refractivity contribution in [1.82, 2.24) is 4.90 Å². The molecule has 0 spiro atoms. The Balaban J connectivity index is 4.17. The van der Waals surface area contributed by atoms with Gasteiger partial charge in [-0.05, 0) is 11.8 Å². The molecule has 0 rings (SSSR count). The summed E-state index contributed by atoms with van der Waals surface area (Å²) in [7, 11) is 0. The van der Waals surface area contributed by atoms with Crippen LogP contribution < -0.4 is 5.73 Å². The molecule has 1 unspecified atom stereocenters. The van der Waals surface area contributed by atoms with E-state index in [0.717, 1.165) is 19.6 Å². The number of nitrogens with two attached hydrogens (primary N) is 1. The second kappa shape index (κ2) is 7.18. The molecule has 2 N–H and O–H groups in total. The molecule has 0 heterocycles. The summed E-state index contributed by atoms with van der Waals surface area (Å²) in [5.74, 6) is 1.71. The first kappa shape index (κ1) is 14.8. The largest absolute Gasteiger partial charge is 0.393 e. The van der Waals surface area contributed by atoms with Crippen LogP contribution in [0.15, 0.2) is 0 Å². The average molecular weight is 230 g/mol. The van der Waals surface area contributed by atoms with E-state index in [9.17, 15) is 0 Å². The Morgan fingerprint density at radius 3 is 1.67 bits per heavy atom. The van der Waals surface area contributed by atoms with E-state index < -0.39 is 0 Å². The van der Waals surface area contributed by atoms with Crippen molar-refractivity contribution >= 4 is 17.2 Å². The van der Waals surface area contributed by atoms with Gasteiger partial charge >= 0.3 is 0 Å². The van der Waals surface area contributed by atoms with E-state index in [4.69, 9.17) is 18.0 Å². The van der Waals surface area contributed by atoms with Gasteiger partial charge in [-0.1, -0.05) is 46.8 Å². The van der Waals surface area contributed by atoms with Gasteiger partial charge in [-0.3, -0.25) is 0 Å². The standard InChI is InChI=1S/C12H26N2S/c1-9(2)6-14(7-10(3)4)8-11(5)12(13)15/h9-11H,6-8H2,1-5H3,(H2,13,15). The summed E-state index contributed by atoms with van der Waals surface area (Å²) in [5, 5.41) is 0. The van der Waals surface area contributed by atoms with Gasteiger partial charge in [-0.2, -0.15) is 0 Å². The minimum Gasteiger partial charge on any atom is -0.393 e. The van der Waals surface area contributed by atoms with E-state index in [1.165, 1.54) is 0 Å². The van der Waals surface area contributed by atoms with Crippen molar-refractivity contribution in [2.45, 2.75) is 34.6 Å². The summed E-state index contributed by atoms with van der Waals surface area (Å²) in [6.45, 7) is 14.4. The molecule has 0 radical (unpaired) electrons. The van der Waals surface area contributed by atoms with Crippen LogP contribution in [0.1, 0.15) is 34.6 Å². The number of hydrogen-bond acceptors (Lipinski definition) is 2. The monoisotopic (exact) mass is 230 g/mol. The molecule has 0 aromatic carbocycles. The van der Waals surface area contributed by atoms with Crippen LogP contribution in [0.4, 0.5) is 0 Å². The van der Waals surface area contributed by atoms with Crippen molar-refractivity contribution in [3.8, 4) is 0 Å². The lowest BCUT2D eigenvalue weighted by Gasteiger charge is -2.28. The zero-order valence-electron chi connectivity index (χ0n) is 10.8. The average Bonchev–Trinajstić information content (AvgIpc) is 2.00. The Morgan fingerprint density at radius 2 is 1.40 bits per heavy atom. The van der Waals surface area contributed by atoms with Crippen LogP contribution >= 0.6 is 12.2 Å². The van der Waals surface area contributed by atoms with Crippen LogP contribution in [0.3, 0.4) is 0 Å². The second-order valence-electron chi connectivity index (χ2n) is 5.31. The summed E-state index contributed by atoms with van der Waals surface area (Å²) in [4.78, 5) is 3.10. The van der Waals surface area contributed by atoms with Crippen LogP contribution in [0.5, 0.6) is 0 Å². The van der Waals surface area contributed by atoms with Crippen LogP contribution in [0.2, 0.25) is 0 Å². The summed E-state index contributed by atoms with van der Waals surface area (Å²) in [6.07, 6.45) is 0. The maximum atomic E-state index is 5.65. The van der Waals surface area contributed by atoms with Gasteiger partial charge in [0.25, 0.3) is 0 Å². The van der Waals surface area contributed by atoms with Crippen LogP contribution in [-0.4, -0.2) is 29.5 Å². The van der Waals surface area contributed by atoms with E-state index in [1.807, 2.05) is 0 Å². The van der Waals surface area contributed by atoms with Crippen molar-refractivity contribution in [2.24, 2.45) is 23.5 Å². The Hall–Kier alpha value is -0.150. The predicted molar refractivity (Wildman–Crippen MR) is 72.1 cm³/mol. The van der Waals surface area contributed by atoms with Crippen molar-refractivity contribution in [1.29, 1.82) is 0 Å². The molecule has 90 valence electrons. The summed E-state index contributed by atoms with van der Waals surface area (Å²) in [5.41, 5.74) is 5.65. The topological polar surface area (TPSA) is 29.3 Å². The van der Waals surface area contributed by atoms with Gasteiger partial charge in [0, 0.05) is 25.6 Å². The number of rotatable bonds is 7. The summed E-state index contributed by atoms with van der Waals surface area (Å²) >= 11 is 5.01. The number of nitrogens with zero attached hydrogens (tertiary/aromatic N) is 1. The lowest BCUT2D eigenvalue weighted by atomic mass is 10.1. The van der Waals surface area contributed by atoms with Crippen LogP contribution in [0, 0.1) is 17.8 Å². The highest BCUT2D eigenvalue weighted by Crippen LogP contribution is 2.07. The number of hydrogen-bond donors (Lipinski definition) is 1. The second-order valence-corrected chi connectivity index (χ2v) is 5.78. The fraction of sp³-hybridized carbons (Fsp3) is 0.917. The Morgan fingerprint density at radius 1 is 1.00 bits per heavy atom. The van der Waals surface area contributed by atoms with E-state index in [-0.39, 0.29) is 0 Å². The molecule has 0 saturated heterocycles. The summed E-state index contributed by atoms with van der Waals surface area (Å²) in [6, 6.07) is 0. The van der Waals surface area contributed by atoms with Crippen LogP contribution in [-0.2, 0) is 0 Å². The van der Waals surface area contributed by atoms with Gasteiger partial charge in [-0.15, -0.1) is 0 Å². The fourth-order valence-electron chi connectivity index (χ4n) is 1.73. The van der Waals surface area contributed by atoms with Gasteiger partial charge in [0.2, 0.25) is 0 Å².